The molecule has 11 rings (SSSR count). The first-order valence-corrected chi connectivity index (χ1v) is 18.8. The van der Waals surface area contributed by atoms with Crippen molar-refractivity contribution in [3.63, 3.8) is 0 Å². The molecule has 0 saturated carbocycles. The zero-order valence-electron chi connectivity index (χ0n) is 30.8. The van der Waals surface area contributed by atoms with Gasteiger partial charge in [0.1, 0.15) is 0 Å². The average molecular weight is 695 g/mol. The molecule has 4 heteroatoms. The number of hydrogen-bond acceptors (Lipinski definition) is 2. The van der Waals surface area contributed by atoms with Crippen molar-refractivity contribution >= 4 is 56.0 Å². The Hall–Kier alpha value is -6.52. The van der Waals surface area contributed by atoms with Gasteiger partial charge in [0.15, 0.2) is 0 Å². The Morgan fingerprint density at radius 2 is 0.796 bits per heavy atom. The Labute approximate surface area is 314 Å². The van der Waals surface area contributed by atoms with Crippen molar-refractivity contribution in [2.24, 2.45) is 0 Å². The highest BCUT2D eigenvalue weighted by Gasteiger charge is 2.38. The van der Waals surface area contributed by atoms with Crippen molar-refractivity contribution in [1.29, 1.82) is 10.8 Å². The Bertz CT molecular complexity index is 2940. The van der Waals surface area contributed by atoms with Crippen molar-refractivity contribution in [2.45, 2.75) is 38.5 Å². The molecule has 0 radical (unpaired) electrons. The van der Waals surface area contributed by atoms with Crippen LogP contribution < -0.4 is 0 Å². The first kappa shape index (κ1) is 31.0. The number of aromatic nitrogens is 2. The summed E-state index contributed by atoms with van der Waals surface area (Å²) in [5, 5.41) is 22.2. The molecule has 0 unspecified atom stereocenters. The highest BCUT2D eigenvalue weighted by molar-refractivity contribution is 6.14. The fourth-order valence-electron chi connectivity index (χ4n) is 10.1. The minimum absolute atomic E-state index is 0.155. The van der Waals surface area contributed by atoms with E-state index in [9.17, 15) is 0 Å². The fraction of sp³-hybridized carbons (Fsp3) is 0.120. The second kappa shape index (κ2) is 10.5. The van der Waals surface area contributed by atoms with Gasteiger partial charge in [0, 0.05) is 55.9 Å². The van der Waals surface area contributed by atoms with Crippen molar-refractivity contribution < 1.29 is 0 Å². The van der Waals surface area contributed by atoms with Gasteiger partial charge < -0.3 is 20.0 Å². The summed E-state index contributed by atoms with van der Waals surface area (Å²) in [5.74, 6) is 0. The second-order valence-electron chi connectivity index (χ2n) is 16.1. The lowest BCUT2D eigenvalue weighted by Gasteiger charge is -2.22. The Morgan fingerprint density at radius 3 is 1.24 bits per heavy atom. The molecule has 0 bridgehead atoms. The predicted octanol–water partition coefficient (Wildman–Crippen LogP) is 12.5. The van der Waals surface area contributed by atoms with E-state index in [2.05, 4.69) is 164 Å². The number of para-hydroxylation sites is 2. The van der Waals surface area contributed by atoms with Crippen LogP contribution in [0, 0.1) is 10.8 Å². The molecule has 258 valence electrons. The minimum atomic E-state index is -0.155. The summed E-state index contributed by atoms with van der Waals surface area (Å²) in [5.41, 5.74) is 18.0. The van der Waals surface area contributed by atoms with Crippen LogP contribution in [-0.4, -0.2) is 21.6 Å². The van der Waals surface area contributed by atoms with Gasteiger partial charge in [0.25, 0.3) is 0 Å². The Morgan fingerprint density at radius 1 is 0.389 bits per heavy atom. The Balaban J connectivity index is 1.24. The summed E-state index contributed by atoms with van der Waals surface area (Å²) in [6, 6.07) is 48.7. The lowest BCUT2D eigenvalue weighted by Crippen LogP contribution is -2.15. The topological polar surface area (TPSA) is 57.6 Å². The van der Waals surface area contributed by atoms with Crippen LogP contribution >= 0.6 is 0 Å². The van der Waals surface area contributed by atoms with Crippen LogP contribution in [0.1, 0.15) is 61.1 Å². The lowest BCUT2D eigenvalue weighted by atomic mass is 9.82. The molecule has 0 fully saturated rings. The van der Waals surface area contributed by atoms with Gasteiger partial charge in [0.2, 0.25) is 0 Å². The van der Waals surface area contributed by atoms with Gasteiger partial charge in [-0.05, 0) is 93.0 Å². The van der Waals surface area contributed by atoms with Gasteiger partial charge in [0.05, 0.1) is 33.4 Å². The molecule has 9 aromatic rings. The van der Waals surface area contributed by atoms with Crippen molar-refractivity contribution in [2.75, 3.05) is 0 Å². The smallest absolute Gasteiger partial charge is 0.0571 e. The molecular weight excluding hydrogens is 657 g/mol. The summed E-state index contributed by atoms with van der Waals surface area (Å²) in [6.45, 7) is 9.31. The van der Waals surface area contributed by atoms with Crippen LogP contribution in [0.4, 0.5) is 0 Å². The van der Waals surface area contributed by atoms with Gasteiger partial charge in [-0.2, -0.15) is 0 Å². The van der Waals surface area contributed by atoms with E-state index >= 15 is 0 Å². The van der Waals surface area contributed by atoms with Crippen LogP contribution in [0.2, 0.25) is 0 Å². The van der Waals surface area contributed by atoms with E-state index in [-0.39, 0.29) is 10.8 Å². The maximum Gasteiger partial charge on any atom is 0.0571 e. The first-order valence-electron chi connectivity index (χ1n) is 18.8. The molecule has 4 nitrogen and oxygen atoms in total. The molecule has 2 aliphatic rings. The molecule has 0 saturated heterocycles. The highest BCUT2D eigenvalue weighted by Crippen LogP contribution is 2.53. The van der Waals surface area contributed by atoms with E-state index in [0.29, 0.717) is 0 Å². The van der Waals surface area contributed by atoms with Crippen LogP contribution in [0.25, 0.3) is 77.2 Å². The van der Waals surface area contributed by atoms with E-state index in [4.69, 9.17) is 10.8 Å². The molecule has 2 heterocycles. The molecule has 0 aliphatic heterocycles. The number of rotatable bonds is 4. The first-order chi connectivity index (χ1) is 26.2. The summed E-state index contributed by atoms with van der Waals surface area (Å²) in [7, 11) is 0. The van der Waals surface area contributed by atoms with E-state index in [1.165, 1.54) is 78.5 Å². The molecular formula is C50H38N4. The number of fused-ring (bicyclic) bond motifs is 12. The second-order valence-corrected chi connectivity index (χ2v) is 16.1. The maximum atomic E-state index is 8.73. The van der Waals surface area contributed by atoms with Crippen molar-refractivity contribution in [3.8, 4) is 33.6 Å². The third-order valence-electron chi connectivity index (χ3n) is 12.7. The van der Waals surface area contributed by atoms with Crippen molar-refractivity contribution in [3.05, 3.63) is 167 Å². The number of benzene rings is 7. The van der Waals surface area contributed by atoms with E-state index < -0.39 is 0 Å². The van der Waals surface area contributed by atoms with E-state index in [1.54, 1.807) is 0 Å². The molecule has 0 spiro atoms. The third-order valence-corrected chi connectivity index (χ3v) is 12.7. The number of nitrogens with zero attached hydrogens (tertiary/aromatic N) is 2. The fourth-order valence-corrected chi connectivity index (χ4v) is 10.1. The molecule has 7 aromatic carbocycles. The van der Waals surface area contributed by atoms with Gasteiger partial charge in [-0.15, -0.1) is 0 Å². The van der Waals surface area contributed by atoms with Crippen molar-refractivity contribution in [1.82, 2.24) is 9.13 Å². The van der Waals surface area contributed by atoms with E-state index in [0.717, 1.165) is 44.6 Å². The van der Waals surface area contributed by atoms with Gasteiger partial charge >= 0.3 is 0 Å². The summed E-state index contributed by atoms with van der Waals surface area (Å²) >= 11 is 0. The predicted molar refractivity (Wildman–Crippen MR) is 226 cm³/mol. The number of hydrogen-bond donors (Lipinski definition) is 2. The van der Waals surface area contributed by atoms with Crippen LogP contribution in [0.3, 0.4) is 0 Å². The normalized spacial score (nSPS) is 14.7. The molecule has 0 amide bonds. The van der Waals surface area contributed by atoms with Gasteiger partial charge in [-0.1, -0.05) is 113 Å². The van der Waals surface area contributed by atoms with Crippen LogP contribution in [-0.2, 0) is 10.8 Å². The van der Waals surface area contributed by atoms with E-state index in [1.807, 2.05) is 6.07 Å². The monoisotopic (exact) mass is 694 g/mol. The minimum Gasteiger partial charge on any atom is -0.308 e. The van der Waals surface area contributed by atoms with Gasteiger partial charge in [-0.25, -0.2) is 0 Å². The molecule has 2 aliphatic carbocycles. The molecule has 2 aromatic heterocycles. The quantitative estimate of drug-likeness (QED) is 0.172. The molecule has 54 heavy (non-hydrogen) atoms. The lowest BCUT2D eigenvalue weighted by molar-refractivity contribution is 0.661. The molecule has 0 atom stereocenters. The average Bonchev–Trinajstić information content (AvgIpc) is 3.84. The third kappa shape index (κ3) is 3.82. The highest BCUT2D eigenvalue weighted by atomic mass is 15.0. The Kier molecular flexibility index (Phi) is 6.06. The SMILES string of the molecule is CC1(C)c2ccccc2-c2cc3c4ccccc4n(-c4cc(-n5c6ccccc6c6cc7c(cc65)C(C)(C)c5ccccc5-7)c(C=N)cc4C=N)c3cc21. The summed E-state index contributed by atoms with van der Waals surface area (Å²) in [4.78, 5) is 0. The zero-order chi connectivity index (χ0) is 36.7. The summed E-state index contributed by atoms with van der Waals surface area (Å²) < 4.78 is 4.71. The zero-order valence-corrected chi connectivity index (χ0v) is 30.8. The largest absolute Gasteiger partial charge is 0.308 e. The van der Waals surface area contributed by atoms with Gasteiger partial charge in [-0.3, -0.25) is 0 Å². The van der Waals surface area contributed by atoms with Crippen LogP contribution in [0.15, 0.2) is 133 Å². The summed E-state index contributed by atoms with van der Waals surface area (Å²) in [6.07, 6.45) is 2.89. The maximum absolute atomic E-state index is 8.73. The molecule has 2 N–H and O–H groups in total. The number of nitrogens with one attached hydrogen (secondary N) is 2. The van der Waals surface area contributed by atoms with Crippen LogP contribution in [0.5, 0.6) is 0 Å². The standard InChI is InChI=1S/C50H38N4/c1-49(2)39-17-9-5-13-31(39)35-22-37-33-15-7-11-19-43(33)53(47(37)24-41(35)49)45-26-46(30(28-52)21-29(45)27-51)54-44-20-12-8-16-34(44)38-23-36-32-14-6-10-18-40(32)50(3,4)42(36)25-48(38)54/h5-28,51-52H,1-4H3.